The molecule has 210 valence electrons. The average Bonchev–Trinajstić information content (AvgIpc) is 3.14. The van der Waals surface area contributed by atoms with E-state index in [4.69, 9.17) is 22.9 Å². The quantitative estimate of drug-likeness (QED) is 0.338. The summed E-state index contributed by atoms with van der Waals surface area (Å²) in [5, 5.41) is -1.95. The van der Waals surface area contributed by atoms with Gasteiger partial charge in [-0.05, 0) is 140 Å². The fourth-order valence-electron chi connectivity index (χ4n) is 8.19. The van der Waals surface area contributed by atoms with E-state index in [1.807, 2.05) is 0 Å². The van der Waals surface area contributed by atoms with E-state index in [1.165, 1.54) is 126 Å². The molecule has 0 radical (unpaired) electrons. The van der Waals surface area contributed by atoms with Crippen molar-refractivity contribution in [2.24, 2.45) is 0 Å². The van der Waals surface area contributed by atoms with Crippen LogP contribution in [0.2, 0.25) is 0 Å². The molecule has 0 unspecified atom stereocenters. The van der Waals surface area contributed by atoms with Crippen LogP contribution in [0.1, 0.15) is 114 Å². The molecule has 0 bridgehead atoms. The van der Waals surface area contributed by atoms with Crippen LogP contribution >= 0.6 is 22.9 Å². The standard InChI is InChI=1S/C33H48B2Cl2N2/c1-21-19-22(2)26(6)31(25(21)5)33-38(29-15-11-9-12-16-29)34(32-27(7)23(3)20-24(4)28(32)8)35(36,37)39(33)30-17-13-10-14-18-30/h19-20,29-30H,9-18H2,1-8H3. The van der Waals surface area contributed by atoms with Crippen LogP contribution in [0, 0.1) is 55.4 Å². The predicted octanol–water partition coefficient (Wildman–Crippen LogP) is 8.29. The lowest BCUT2D eigenvalue weighted by Crippen LogP contribution is -2.64. The number of halogens is 2. The van der Waals surface area contributed by atoms with Gasteiger partial charge in [0.25, 0.3) is 0 Å². The van der Waals surface area contributed by atoms with Crippen LogP contribution in [0.3, 0.4) is 0 Å². The van der Waals surface area contributed by atoms with Gasteiger partial charge in [-0.25, -0.2) is 0 Å². The Morgan fingerprint density at radius 2 is 1.10 bits per heavy atom. The third kappa shape index (κ3) is 4.90. The van der Waals surface area contributed by atoms with Gasteiger partial charge in [-0.2, -0.15) is 0 Å². The molecule has 2 aromatic rings. The fraction of sp³-hybridized carbons (Fsp3) is 0.606. The number of hydrogen-bond donors (Lipinski definition) is 0. The Morgan fingerprint density at radius 1 is 0.667 bits per heavy atom. The first-order valence-corrected chi connectivity index (χ1v) is 16.4. The highest BCUT2D eigenvalue weighted by Crippen LogP contribution is 2.41. The van der Waals surface area contributed by atoms with Gasteiger partial charge < -0.3 is 32.2 Å². The molecule has 2 nitrogen and oxygen atoms in total. The Labute approximate surface area is 248 Å². The van der Waals surface area contributed by atoms with E-state index in [0.29, 0.717) is 12.1 Å². The largest absolute Gasteiger partial charge is 0.431 e. The number of rotatable bonds is 4. The van der Waals surface area contributed by atoms with Crippen LogP contribution in [0.4, 0.5) is 0 Å². The number of amidine groups is 1. The van der Waals surface area contributed by atoms with Gasteiger partial charge in [-0.3, -0.25) is 0 Å². The summed E-state index contributed by atoms with van der Waals surface area (Å²) in [5.41, 5.74) is 13.6. The number of hydrogen-bond acceptors (Lipinski definition) is 1. The van der Waals surface area contributed by atoms with Crippen LogP contribution in [0.15, 0.2) is 12.1 Å². The Hall–Kier alpha value is -1.38. The topological polar surface area (TPSA) is 6.25 Å². The molecule has 0 saturated heterocycles. The van der Waals surface area contributed by atoms with Crippen molar-refractivity contribution in [2.75, 3.05) is 0 Å². The van der Waals surface area contributed by atoms with E-state index in [1.54, 1.807) is 0 Å². The van der Waals surface area contributed by atoms with E-state index in [-0.39, 0.29) is 6.74 Å². The second-order valence-corrected chi connectivity index (χ2v) is 14.7. The average molecular weight is 565 g/mol. The third-order valence-corrected chi connectivity index (χ3v) is 11.7. The minimum absolute atomic E-state index is 0.0495. The lowest BCUT2D eigenvalue weighted by Gasteiger charge is -2.38. The molecule has 0 N–H and O–H groups in total. The second-order valence-electron chi connectivity index (χ2n) is 13.2. The van der Waals surface area contributed by atoms with Crippen LogP contribution < -0.4 is 5.46 Å². The predicted molar refractivity (Wildman–Crippen MR) is 174 cm³/mol. The number of benzene rings is 2. The molecule has 6 heteroatoms. The monoisotopic (exact) mass is 564 g/mol. The van der Waals surface area contributed by atoms with Crippen molar-refractivity contribution >= 4 is 46.0 Å². The van der Waals surface area contributed by atoms with Crippen LogP contribution in [0.5, 0.6) is 0 Å². The molecule has 0 amide bonds. The van der Waals surface area contributed by atoms with Crippen molar-refractivity contribution in [2.45, 2.75) is 132 Å². The summed E-state index contributed by atoms with van der Waals surface area (Å²) in [7, 11) is 0. The Balaban J connectivity index is 1.88. The van der Waals surface area contributed by atoms with Gasteiger partial charge in [0.05, 0.1) is 17.6 Å². The Bertz CT molecular complexity index is 1250. The first-order valence-electron chi connectivity index (χ1n) is 15.6. The molecule has 0 spiro atoms. The van der Waals surface area contributed by atoms with Gasteiger partial charge in [-0.15, -0.1) is 0 Å². The van der Waals surface area contributed by atoms with E-state index in [9.17, 15) is 0 Å². The zero-order valence-electron chi connectivity index (χ0n) is 25.7. The van der Waals surface area contributed by atoms with Crippen LogP contribution in [-0.4, -0.2) is 39.0 Å². The summed E-state index contributed by atoms with van der Waals surface area (Å²) in [6.07, 6.45) is 12.5. The summed E-state index contributed by atoms with van der Waals surface area (Å²) in [6.45, 7) is 18.2. The highest BCUT2D eigenvalue weighted by Gasteiger charge is 2.61. The normalized spacial score (nSPS) is 20.9. The van der Waals surface area contributed by atoms with Gasteiger partial charge >= 0.3 is 11.7 Å². The zero-order chi connectivity index (χ0) is 28.2. The van der Waals surface area contributed by atoms with Crippen molar-refractivity contribution in [3.63, 3.8) is 0 Å². The Morgan fingerprint density at radius 3 is 1.59 bits per heavy atom. The van der Waals surface area contributed by atoms with E-state index >= 15 is 0 Å². The van der Waals surface area contributed by atoms with Crippen molar-refractivity contribution in [1.82, 2.24) is 4.81 Å². The summed E-state index contributed by atoms with van der Waals surface area (Å²) in [6, 6.07) is 5.53. The molecular weight excluding hydrogens is 517 g/mol. The smallest absolute Gasteiger partial charge is 0.374 e. The van der Waals surface area contributed by atoms with Gasteiger partial charge in [0.15, 0.2) is 0 Å². The number of nitrogens with zero attached hydrogens (tertiary/aromatic N) is 2. The molecular formula is C33H48B2Cl2N2. The van der Waals surface area contributed by atoms with Crippen molar-refractivity contribution < 1.29 is 4.49 Å². The first-order chi connectivity index (χ1) is 18.5. The van der Waals surface area contributed by atoms with E-state index in [2.05, 4.69) is 76.8 Å². The summed E-state index contributed by atoms with van der Waals surface area (Å²) < 4.78 is 2.59. The summed E-state index contributed by atoms with van der Waals surface area (Å²) >= 11 is 15.9. The molecule has 3 aliphatic rings. The molecule has 5 rings (SSSR count). The van der Waals surface area contributed by atoms with E-state index in [0.717, 1.165) is 0 Å². The van der Waals surface area contributed by atoms with Crippen molar-refractivity contribution in [1.29, 1.82) is 0 Å². The Kier molecular flexibility index (Phi) is 8.31. The fourth-order valence-corrected chi connectivity index (χ4v) is 9.19. The maximum absolute atomic E-state index is 7.95. The minimum atomic E-state index is -1.95. The van der Waals surface area contributed by atoms with Gasteiger partial charge in [-0.1, -0.05) is 41.6 Å². The highest BCUT2D eigenvalue weighted by molar-refractivity contribution is 7.69. The molecule has 39 heavy (non-hydrogen) atoms. The lowest BCUT2D eigenvalue weighted by atomic mass is 9.27. The van der Waals surface area contributed by atoms with Gasteiger partial charge in [0.1, 0.15) is 0 Å². The zero-order valence-corrected chi connectivity index (χ0v) is 27.2. The molecule has 1 aliphatic heterocycles. The maximum atomic E-state index is 7.95. The first kappa shape index (κ1) is 29.1. The number of aryl methyl sites for hydroxylation is 4. The molecule has 2 saturated carbocycles. The van der Waals surface area contributed by atoms with E-state index < -0.39 is 5.00 Å². The molecule has 0 atom stereocenters. The van der Waals surface area contributed by atoms with Crippen molar-refractivity contribution in [3.05, 3.63) is 62.2 Å². The molecule has 2 aliphatic carbocycles. The molecule has 2 aromatic carbocycles. The minimum Gasteiger partial charge on any atom is -0.431 e. The van der Waals surface area contributed by atoms with Crippen LogP contribution in [-0.2, 0) is 0 Å². The SMILES string of the molecule is Cc1cc(C)c(C)c(B2N(C3CCCCC3)C(c3c(C)c(C)cc(C)c3C)=[N+](C3CCCCC3)[B-]2(Cl)Cl)c1C. The molecule has 0 aromatic heterocycles. The third-order valence-electron chi connectivity index (χ3n) is 10.8. The second kappa shape index (κ2) is 11.1. The highest BCUT2D eigenvalue weighted by atomic mass is 35.5. The summed E-state index contributed by atoms with van der Waals surface area (Å²) in [4.78, 5) is 2.79. The van der Waals surface area contributed by atoms with Crippen molar-refractivity contribution in [3.8, 4) is 0 Å². The van der Waals surface area contributed by atoms with Gasteiger partial charge in [0.2, 0.25) is 5.84 Å². The van der Waals surface area contributed by atoms with Gasteiger partial charge in [0, 0.05) is 0 Å². The molecule has 2 fully saturated rings. The lowest BCUT2D eigenvalue weighted by molar-refractivity contribution is -0.440. The molecule has 1 heterocycles. The summed E-state index contributed by atoms with van der Waals surface area (Å²) in [5.74, 6) is 1.34. The maximum Gasteiger partial charge on any atom is 0.374 e. The van der Waals surface area contributed by atoms with Crippen LogP contribution in [0.25, 0.3) is 0 Å².